The van der Waals surface area contributed by atoms with Crippen LogP contribution in [0.1, 0.15) is 20.3 Å². The van der Waals surface area contributed by atoms with Gasteiger partial charge in [-0.05, 0) is 31.3 Å². The molecule has 2 heterocycles. The Kier molecular flexibility index (Phi) is 4.35. The molecule has 0 bridgehead atoms. The minimum Gasteiger partial charge on any atom is -0.316 e. The summed E-state index contributed by atoms with van der Waals surface area (Å²) in [5.41, 5.74) is 0. The zero-order valence-corrected chi connectivity index (χ0v) is 10.9. The minimum absolute atomic E-state index is 0.875. The Labute approximate surface area is 98.2 Å². The number of hydrogen-bond donors (Lipinski definition) is 1. The van der Waals surface area contributed by atoms with Gasteiger partial charge in [0, 0.05) is 30.6 Å². The number of nitrogens with one attached hydrogen (secondary N) is 1. The van der Waals surface area contributed by atoms with Gasteiger partial charge in [-0.2, -0.15) is 11.8 Å². The van der Waals surface area contributed by atoms with Crippen LogP contribution in [0.5, 0.6) is 0 Å². The second-order valence-electron chi connectivity index (χ2n) is 5.06. The van der Waals surface area contributed by atoms with Crippen LogP contribution in [-0.4, -0.2) is 48.6 Å². The fourth-order valence-corrected chi connectivity index (χ4v) is 3.88. The lowest BCUT2D eigenvalue weighted by Gasteiger charge is -2.34. The van der Waals surface area contributed by atoms with Gasteiger partial charge in [0.25, 0.3) is 0 Å². The van der Waals surface area contributed by atoms with Gasteiger partial charge in [0.2, 0.25) is 0 Å². The summed E-state index contributed by atoms with van der Waals surface area (Å²) in [6.45, 7) is 11.1. The van der Waals surface area contributed by atoms with Crippen LogP contribution in [0, 0.1) is 11.8 Å². The Morgan fingerprint density at radius 1 is 1.40 bits per heavy atom. The molecule has 0 amide bonds. The van der Waals surface area contributed by atoms with Crippen molar-refractivity contribution in [3.63, 3.8) is 0 Å². The van der Waals surface area contributed by atoms with Crippen LogP contribution in [0.2, 0.25) is 0 Å². The fraction of sp³-hybridized carbons (Fsp3) is 1.00. The normalized spacial score (nSPS) is 38.4. The van der Waals surface area contributed by atoms with E-state index in [1.54, 1.807) is 0 Å². The van der Waals surface area contributed by atoms with Gasteiger partial charge >= 0.3 is 0 Å². The first-order chi connectivity index (χ1) is 7.29. The molecule has 0 aliphatic carbocycles. The molecular formula is C12H24N2S. The SMILES string of the molecule is CCC1CN(CC2CNCC2C)CCS1. The summed E-state index contributed by atoms with van der Waals surface area (Å²) in [6, 6.07) is 0. The molecule has 1 N–H and O–H groups in total. The van der Waals surface area contributed by atoms with Crippen LogP contribution in [0.3, 0.4) is 0 Å². The molecular weight excluding hydrogens is 204 g/mol. The molecule has 3 heteroatoms. The molecule has 2 saturated heterocycles. The van der Waals surface area contributed by atoms with Crippen molar-refractivity contribution >= 4 is 11.8 Å². The van der Waals surface area contributed by atoms with Crippen LogP contribution in [-0.2, 0) is 0 Å². The van der Waals surface area contributed by atoms with Gasteiger partial charge in [0.15, 0.2) is 0 Å². The molecule has 2 rings (SSSR count). The quantitative estimate of drug-likeness (QED) is 0.791. The van der Waals surface area contributed by atoms with E-state index in [2.05, 4.69) is 35.8 Å². The first-order valence-electron chi connectivity index (χ1n) is 6.34. The smallest absolute Gasteiger partial charge is 0.0172 e. The second kappa shape index (κ2) is 5.55. The van der Waals surface area contributed by atoms with Gasteiger partial charge in [-0.1, -0.05) is 13.8 Å². The third-order valence-corrected chi connectivity index (χ3v) is 5.22. The van der Waals surface area contributed by atoms with Crippen molar-refractivity contribution in [2.24, 2.45) is 11.8 Å². The van der Waals surface area contributed by atoms with E-state index < -0.39 is 0 Å². The van der Waals surface area contributed by atoms with Crippen molar-refractivity contribution in [3.8, 4) is 0 Å². The summed E-state index contributed by atoms with van der Waals surface area (Å²) in [5.74, 6) is 3.11. The lowest BCUT2D eigenvalue weighted by molar-refractivity contribution is 0.223. The van der Waals surface area contributed by atoms with Crippen molar-refractivity contribution in [2.75, 3.05) is 38.5 Å². The highest BCUT2D eigenvalue weighted by molar-refractivity contribution is 8.00. The molecule has 0 radical (unpaired) electrons. The fourth-order valence-electron chi connectivity index (χ4n) is 2.63. The molecule has 2 aliphatic rings. The summed E-state index contributed by atoms with van der Waals surface area (Å²) in [5, 5.41) is 4.40. The molecule has 88 valence electrons. The molecule has 3 unspecified atom stereocenters. The Hall–Kier alpha value is 0.270. The number of thioether (sulfide) groups is 1. The topological polar surface area (TPSA) is 15.3 Å². The van der Waals surface area contributed by atoms with Crippen LogP contribution < -0.4 is 5.32 Å². The number of rotatable bonds is 3. The summed E-state index contributed by atoms with van der Waals surface area (Å²) >= 11 is 2.17. The predicted molar refractivity (Wildman–Crippen MR) is 68.5 cm³/mol. The van der Waals surface area contributed by atoms with Gasteiger partial charge in [-0.15, -0.1) is 0 Å². The lowest BCUT2D eigenvalue weighted by atomic mass is 9.97. The van der Waals surface area contributed by atoms with E-state index in [-0.39, 0.29) is 0 Å². The zero-order valence-electron chi connectivity index (χ0n) is 10.0. The number of hydrogen-bond acceptors (Lipinski definition) is 3. The van der Waals surface area contributed by atoms with Gasteiger partial charge in [0.1, 0.15) is 0 Å². The van der Waals surface area contributed by atoms with Crippen molar-refractivity contribution in [3.05, 3.63) is 0 Å². The summed E-state index contributed by atoms with van der Waals surface area (Å²) in [4.78, 5) is 2.69. The molecule has 2 nitrogen and oxygen atoms in total. The van der Waals surface area contributed by atoms with E-state index >= 15 is 0 Å². The van der Waals surface area contributed by atoms with Crippen LogP contribution >= 0.6 is 11.8 Å². The van der Waals surface area contributed by atoms with Crippen molar-refractivity contribution in [1.82, 2.24) is 10.2 Å². The van der Waals surface area contributed by atoms with Crippen LogP contribution in [0.4, 0.5) is 0 Å². The van der Waals surface area contributed by atoms with E-state index in [0.717, 1.165) is 17.1 Å². The van der Waals surface area contributed by atoms with E-state index in [9.17, 15) is 0 Å². The van der Waals surface area contributed by atoms with Crippen LogP contribution in [0.15, 0.2) is 0 Å². The standard InChI is InChI=1S/C12H24N2S/c1-3-12-9-14(4-5-15-12)8-11-7-13-6-10(11)2/h10-13H,3-9H2,1-2H3. The second-order valence-corrected chi connectivity index (χ2v) is 6.46. The predicted octanol–water partition coefficient (Wildman–Crippen LogP) is 1.67. The van der Waals surface area contributed by atoms with E-state index in [4.69, 9.17) is 0 Å². The third kappa shape index (κ3) is 3.11. The molecule has 0 aromatic heterocycles. The molecule has 0 aromatic carbocycles. The average molecular weight is 228 g/mol. The molecule has 2 fully saturated rings. The van der Waals surface area contributed by atoms with E-state index in [1.807, 2.05) is 0 Å². The highest BCUT2D eigenvalue weighted by Crippen LogP contribution is 2.24. The van der Waals surface area contributed by atoms with Gasteiger partial charge < -0.3 is 10.2 Å². The number of nitrogens with zero attached hydrogens (tertiary/aromatic N) is 1. The average Bonchev–Trinajstić information content (AvgIpc) is 2.65. The maximum atomic E-state index is 3.50. The highest BCUT2D eigenvalue weighted by Gasteiger charge is 2.27. The van der Waals surface area contributed by atoms with E-state index in [1.165, 1.54) is 44.9 Å². The van der Waals surface area contributed by atoms with Crippen molar-refractivity contribution < 1.29 is 0 Å². The van der Waals surface area contributed by atoms with Crippen molar-refractivity contribution in [2.45, 2.75) is 25.5 Å². The summed E-state index contributed by atoms with van der Waals surface area (Å²) in [7, 11) is 0. The Balaban J connectivity index is 1.78. The first kappa shape index (κ1) is 11.7. The van der Waals surface area contributed by atoms with Gasteiger partial charge in [-0.3, -0.25) is 0 Å². The molecule has 3 atom stereocenters. The molecule has 0 saturated carbocycles. The monoisotopic (exact) mass is 228 g/mol. The Morgan fingerprint density at radius 2 is 2.27 bits per heavy atom. The maximum absolute atomic E-state index is 3.50. The Bertz CT molecular complexity index is 198. The maximum Gasteiger partial charge on any atom is 0.0172 e. The largest absolute Gasteiger partial charge is 0.316 e. The zero-order chi connectivity index (χ0) is 10.7. The van der Waals surface area contributed by atoms with Gasteiger partial charge in [-0.25, -0.2) is 0 Å². The molecule has 0 spiro atoms. The summed E-state index contributed by atoms with van der Waals surface area (Å²) < 4.78 is 0. The third-order valence-electron chi connectivity index (χ3n) is 3.85. The van der Waals surface area contributed by atoms with Crippen molar-refractivity contribution in [1.29, 1.82) is 0 Å². The molecule has 2 aliphatic heterocycles. The molecule has 0 aromatic rings. The van der Waals surface area contributed by atoms with E-state index in [0.29, 0.717) is 0 Å². The molecule has 15 heavy (non-hydrogen) atoms. The van der Waals surface area contributed by atoms with Crippen LogP contribution in [0.25, 0.3) is 0 Å². The Morgan fingerprint density at radius 3 is 2.93 bits per heavy atom. The lowest BCUT2D eigenvalue weighted by Crippen LogP contribution is -2.41. The summed E-state index contributed by atoms with van der Waals surface area (Å²) in [6.07, 6.45) is 1.33. The minimum atomic E-state index is 0.875. The highest BCUT2D eigenvalue weighted by atomic mass is 32.2. The first-order valence-corrected chi connectivity index (χ1v) is 7.39. The van der Waals surface area contributed by atoms with Gasteiger partial charge in [0.05, 0.1) is 0 Å².